The minimum absolute atomic E-state index is 0. The predicted molar refractivity (Wildman–Crippen MR) is 92.7 cm³/mol. The Kier molecular flexibility index (Phi) is 6.63. The van der Waals surface area contributed by atoms with Crippen LogP contribution < -0.4 is 5.32 Å². The number of benzene rings is 1. The Morgan fingerprint density at radius 1 is 1.33 bits per heavy atom. The second-order valence-electron chi connectivity index (χ2n) is 5.96. The number of hydrogen-bond acceptors (Lipinski definition) is 2. The summed E-state index contributed by atoms with van der Waals surface area (Å²) in [4.78, 5) is 14.5. The zero-order valence-electron chi connectivity index (χ0n) is 13.9. The molecule has 0 heterocycles. The Balaban J connectivity index is 0.00000441. The van der Waals surface area contributed by atoms with E-state index in [1.54, 1.807) is 6.08 Å². The van der Waals surface area contributed by atoms with E-state index in [-0.39, 0.29) is 7.33 Å². The number of nitrogens with one attached hydrogen (secondary N) is 1. The van der Waals surface area contributed by atoms with Crippen LogP contribution in [0.25, 0.3) is 6.08 Å². The number of carbonyl (C=O) groups excluding carboxylic acids is 1. The first-order chi connectivity index (χ1) is 9.86. The van der Waals surface area contributed by atoms with Gasteiger partial charge in [0.25, 0.3) is 5.91 Å². The Morgan fingerprint density at radius 3 is 2.48 bits per heavy atom. The summed E-state index contributed by atoms with van der Waals surface area (Å²) in [7, 11) is 0. The van der Waals surface area contributed by atoms with Gasteiger partial charge in [-0.05, 0) is 57.9 Å². The van der Waals surface area contributed by atoms with Crippen molar-refractivity contribution < 1.29 is 6.22 Å². The Labute approximate surface area is 130 Å². The zero-order valence-corrected chi connectivity index (χ0v) is 13.9. The highest BCUT2D eigenvalue weighted by atomic mass is 16.1. The largest absolute Gasteiger partial charge is 0.351 e. The number of carbonyl (C=O) groups is 1. The third-order valence-electron chi connectivity index (χ3n) is 3.74. The van der Waals surface area contributed by atoms with Crippen LogP contribution in [0, 0.1) is 6.92 Å². The van der Waals surface area contributed by atoms with Gasteiger partial charge in [0.15, 0.2) is 0 Å². The number of amides is 1. The van der Waals surface area contributed by atoms with Crippen LogP contribution in [0.4, 0.5) is 0 Å². The summed E-state index contributed by atoms with van der Waals surface area (Å²) < 4.78 is 0. The average molecular weight is 290 g/mol. The first-order valence-electron chi connectivity index (χ1n) is 7.63. The smallest absolute Gasteiger partial charge is 0.251 e. The fourth-order valence-electron chi connectivity index (χ4n) is 2.51. The molecule has 3 heteroatoms. The molecule has 0 aliphatic carbocycles. The highest BCUT2D eigenvalue weighted by Crippen LogP contribution is 2.12. The van der Waals surface area contributed by atoms with E-state index in [0.29, 0.717) is 24.2 Å². The highest BCUT2D eigenvalue weighted by molar-refractivity contribution is 5.94. The van der Waals surface area contributed by atoms with Gasteiger partial charge in [-0.2, -0.15) is 0 Å². The van der Waals surface area contributed by atoms with Gasteiger partial charge in [-0.15, -0.1) is 0 Å². The Morgan fingerprint density at radius 2 is 1.95 bits per heavy atom. The lowest BCUT2D eigenvalue weighted by atomic mass is 10.0. The van der Waals surface area contributed by atoms with Crippen LogP contribution in [0.1, 0.15) is 50.6 Å². The fourth-order valence-corrected chi connectivity index (χ4v) is 2.51. The molecule has 1 rings (SSSR count). The SMILES string of the molecule is C=Cc1cc(C(=O)NCCN(C(C)C)C(C)C)ccc1C.[HH]. The average Bonchev–Trinajstić information content (AvgIpc) is 2.42. The lowest BCUT2D eigenvalue weighted by molar-refractivity contribution is 0.0939. The normalized spacial score (nSPS) is 11.2. The zero-order chi connectivity index (χ0) is 16.0. The molecule has 0 radical (unpaired) electrons. The lowest BCUT2D eigenvalue weighted by Crippen LogP contribution is -2.42. The molecule has 21 heavy (non-hydrogen) atoms. The second kappa shape index (κ2) is 7.99. The third-order valence-corrected chi connectivity index (χ3v) is 3.74. The first-order valence-corrected chi connectivity index (χ1v) is 7.63. The molecule has 0 atom stereocenters. The molecular weight excluding hydrogens is 260 g/mol. The summed E-state index contributed by atoms with van der Waals surface area (Å²) in [5, 5.41) is 3.00. The fraction of sp³-hybridized carbons (Fsp3) is 0.500. The van der Waals surface area contributed by atoms with Gasteiger partial charge in [0, 0.05) is 32.2 Å². The monoisotopic (exact) mass is 290 g/mol. The van der Waals surface area contributed by atoms with E-state index in [0.717, 1.165) is 17.7 Å². The molecular formula is C18H30N2O. The van der Waals surface area contributed by atoms with Crippen molar-refractivity contribution in [1.29, 1.82) is 0 Å². The van der Waals surface area contributed by atoms with Crippen molar-refractivity contribution in [3.63, 3.8) is 0 Å². The molecule has 0 aliphatic heterocycles. The van der Waals surface area contributed by atoms with Crippen molar-refractivity contribution in [3.05, 3.63) is 41.5 Å². The molecule has 1 aromatic rings. The van der Waals surface area contributed by atoms with Crippen LogP contribution in [-0.2, 0) is 0 Å². The van der Waals surface area contributed by atoms with Crippen LogP contribution in [0.5, 0.6) is 0 Å². The van der Waals surface area contributed by atoms with Gasteiger partial charge < -0.3 is 5.32 Å². The van der Waals surface area contributed by atoms with Gasteiger partial charge in [0.1, 0.15) is 0 Å². The molecule has 0 unspecified atom stereocenters. The maximum absolute atomic E-state index is 12.2. The van der Waals surface area contributed by atoms with Gasteiger partial charge in [0.05, 0.1) is 0 Å². The number of hydrogen-bond donors (Lipinski definition) is 1. The van der Waals surface area contributed by atoms with Crippen molar-refractivity contribution in [2.24, 2.45) is 0 Å². The summed E-state index contributed by atoms with van der Waals surface area (Å²) >= 11 is 0. The van der Waals surface area contributed by atoms with E-state index in [4.69, 9.17) is 0 Å². The Hall–Kier alpha value is -1.61. The summed E-state index contributed by atoms with van der Waals surface area (Å²) in [5.41, 5.74) is 2.83. The maximum atomic E-state index is 12.2. The molecule has 0 saturated carbocycles. The van der Waals surface area contributed by atoms with E-state index in [1.165, 1.54) is 0 Å². The molecule has 0 spiro atoms. The molecule has 0 bridgehead atoms. The van der Waals surface area contributed by atoms with Crippen LogP contribution >= 0.6 is 0 Å². The van der Waals surface area contributed by atoms with Crippen LogP contribution in [0.3, 0.4) is 0 Å². The van der Waals surface area contributed by atoms with Crippen molar-refractivity contribution >= 4 is 12.0 Å². The maximum Gasteiger partial charge on any atom is 0.251 e. The molecule has 1 amide bonds. The summed E-state index contributed by atoms with van der Waals surface area (Å²) in [5.74, 6) is -0.0226. The van der Waals surface area contributed by atoms with Crippen molar-refractivity contribution in [2.75, 3.05) is 13.1 Å². The number of aryl methyl sites for hydroxylation is 1. The van der Waals surface area contributed by atoms with Crippen molar-refractivity contribution in [2.45, 2.75) is 46.7 Å². The molecule has 0 aromatic heterocycles. The predicted octanol–water partition coefficient (Wildman–Crippen LogP) is 3.73. The van der Waals surface area contributed by atoms with Crippen molar-refractivity contribution in [3.8, 4) is 0 Å². The molecule has 0 saturated heterocycles. The standard InChI is InChI=1S/C18H28N2O.H2/c1-7-16-12-17(9-8-15(16)6)18(21)19-10-11-20(13(2)3)14(4)5;/h7-9,12-14H,1,10-11H2,2-6H3,(H,19,21);1H. The summed E-state index contributed by atoms with van der Waals surface area (Å²) in [6.07, 6.45) is 1.78. The second-order valence-corrected chi connectivity index (χ2v) is 5.96. The topological polar surface area (TPSA) is 32.3 Å². The molecule has 3 nitrogen and oxygen atoms in total. The molecule has 1 N–H and O–H groups in total. The Bertz CT molecular complexity index is 490. The minimum Gasteiger partial charge on any atom is -0.351 e. The number of rotatable bonds is 7. The molecule has 118 valence electrons. The number of nitrogens with zero attached hydrogens (tertiary/aromatic N) is 1. The van der Waals surface area contributed by atoms with E-state index in [9.17, 15) is 4.79 Å². The van der Waals surface area contributed by atoms with Crippen LogP contribution in [0.2, 0.25) is 0 Å². The van der Waals surface area contributed by atoms with E-state index in [2.05, 4.69) is 44.5 Å². The molecule has 1 aromatic carbocycles. The molecule has 0 fully saturated rings. The van der Waals surface area contributed by atoms with Crippen LogP contribution in [-0.4, -0.2) is 36.0 Å². The quantitative estimate of drug-likeness (QED) is 0.830. The van der Waals surface area contributed by atoms with Crippen LogP contribution in [0.15, 0.2) is 24.8 Å². The van der Waals surface area contributed by atoms with E-state index >= 15 is 0 Å². The van der Waals surface area contributed by atoms with Gasteiger partial charge in [0.2, 0.25) is 0 Å². The summed E-state index contributed by atoms with van der Waals surface area (Å²) in [6.45, 7) is 16.0. The van der Waals surface area contributed by atoms with Crippen molar-refractivity contribution in [1.82, 2.24) is 10.2 Å². The lowest BCUT2D eigenvalue weighted by Gasteiger charge is -2.30. The first kappa shape index (κ1) is 17.4. The molecule has 0 aliphatic rings. The third kappa shape index (κ3) is 5.01. The van der Waals surface area contributed by atoms with Gasteiger partial charge in [-0.25, -0.2) is 0 Å². The van der Waals surface area contributed by atoms with Gasteiger partial charge in [-0.1, -0.05) is 18.7 Å². The van der Waals surface area contributed by atoms with E-state index < -0.39 is 0 Å². The van der Waals surface area contributed by atoms with Gasteiger partial charge in [-0.3, -0.25) is 9.69 Å². The van der Waals surface area contributed by atoms with Gasteiger partial charge >= 0.3 is 0 Å². The van der Waals surface area contributed by atoms with E-state index in [1.807, 2.05) is 25.1 Å². The summed E-state index contributed by atoms with van der Waals surface area (Å²) in [6, 6.07) is 6.67. The highest BCUT2D eigenvalue weighted by Gasteiger charge is 2.13. The minimum atomic E-state index is -0.0226.